The predicted molar refractivity (Wildman–Crippen MR) is 45.5 cm³/mol. The third-order valence-corrected chi connectivity index (χ3v) is 1.82. The third kappa shape index (κ3) is 2.56. The van der Waals surface area contributed by atoms with Gasteiger partial charge in [0.05, 0.1) is 10.8 Å². The van der Waals surface area contributed by atoms with E-state index in [1.807, 2.05) is 0 Å². The lowest BCUT2D eigenvalue weighted by Gasteiger charge is -2.06. The minimum absolute atomic E-state index is 0.392. The maximum absolute atomic E-state index is 12.2. The third-order valence-electron chi connectivity index (χ3n) is 1.56. The van der Waals surface area contributed by atoms with Crippen LogP contribution in [0.5, 0.6) is 0 Å². The monoisotopic (exact) mass is 240 g/mol. The average molecular weight is 241 g/mol. The van der Waals surface area contributed by atoms with E-state index >= 15 is 0 Å². The molecule has 1 aromatic rings. The fourth-order valence-electron chi connectivity index (χ4n) is 0.916. The van der Waals surface area contributed by atoms with Crippen LogP contribution < -0.4 is 0 Å². The van der Waals surface area contributed by atoms with Crippen molar-refractivity contribution in [3.05, 3.63) is 33.6 Å². The van der Waals surface area contributed by atoms with E-state index in [1.54, 1.807) is 0 Å². The first-order valence-electron chi connectivity index (χ1n) is 3.63. The van der Waals surface area contributed by atoms with Gasteiger partial charge in [0.15, 0.2) is 0 Å². The maximum Gasteiger partial charge on any atom is 0.433 e. The smallest absolute Gasteiger partial charge is 0.258 e. The van der Waals surface area contributed by atoms with Crippen molar-refractivity contribution in [2.75, 3.05) is 0 Å². The van der Waals surface area contributed by atoms with Gasteiger partial charge in [-0.25, -0.2) is 4.98 Å². The molecule has 0 atom stereocenters. The lowest BCUT2D eigenvalue weighted by atomic mass is 10.2. The van der Waals surface area contributed by atoms with Gasteiger partial charge in [-0.15, -0.1) is 11.6 Å². The normalized spacial score (nSPS) is 11.5. The van der Waals surface area contributed by atoms with E-state index in [4.69, 9.17) is 11.6 Å². The highest BCUT2D eigenvalue weighted by Gasteiger charge is 2.34. The van der Waals surface area contributed by atoms with E-state index < -0.39 is 34.1 Å². The van der Waals surface area contributed by atoms with Crippen LogP contribution in [0.3, 0.4) is 0 Å². The molecule has 4 nitrogen and oxygen atoms in total. The second-order valence-electron chi connectivity index (χ2n) is 2.55. The summed E-state index contributed by atoms with van der Waals surface area (Å²) in [4.78, 5) is 12.6. The summed E-state index contributed by atoms with van der Waals surface area (Å²) in [5.74, 6) is -0.444. The zero-order valence-electron chi connectivity index (χ0n) is 7.08. The number of nitrogens with zero attached hydrogens (tertiary/aromatic N) is 2. The predicted octanol–water partition coefficient (Wildman–Crippen LogP) is 2.75. The molecule has 0 amide bonds. The van der Waals surface area contributed by atoms with Crippen molar-refractivity contribution in [2.45, 2.75) is 12.1 Å². The summed E-state index contributed by atoms with van der Waals surface area (Å²) in [7, 11) is 0. The lowest BCUT2D eigenvalue weighted by molar-refractivity contribution is -0.385. The van der Waals surface area contributed by atoms with Gasteiger partial charge in [-0.2, -0.15) is 13.2 Å². The van der Waals surface area contributed by atoms with Crippen molar-refractivity contribution in [1.82, 2.24) is 4.98 Å². The summed E-state index contributed by atoms with van der Waals surface area (Å²) >= 11 is 5.26. The number of nitro groups is 1. The quantitative estimate of drug-likeness (QED) is 0.454. The summed E-state index contributed by atoms with van der Waals surface area (Å²) in [5, 5.41) is 10.4. The molecule has 0 fully saturated rings. The van der Waals surface area contributed by atoms with Crippen molar-refractivity contribution in [3.63, 3.8) is 0 Å². The number of hydrogen-bond donors (Lipinski definition) is 0. The molecule has 0 N–H and O–H groups in total. The Morgan fingerprint density at radius 2 is 2.07 bits per heavy atom. The fourth-order valence-corrected chi connectivity index (χ4v) is 1.11. The van der Waals surface area contributed by atoms with Gasteiger partial charge in [0, 0.05) is 6.07 Å². The van der Waals surface area contributed by atoms with Gasteiger partial charge in [0.25, 0.3) is 5.69 Å². The molecule has 0 aromatic carbocycles. The van der Waals surface area contributed by atoms with Crippen molar-refractivity contribution in [1.29, 1.82) is 0 Å². The number of alkyl halides is 4. The van der Waals surface area contributed by atoms with E-state index in [-0.39, 0.29) is 0 Å². The van der Waals surface area contributed by atoms with Crippen LogP contribution in [0.15, 0.2) is 12.1 Å². The van der Waals surface area contributed by atoms with E-state index in [0.717, 1.165) is 6.07 Å². The molecule has 0 aliphatic carbocycles. The topological polar surface area (TPSA) is 56.0 Å². The number of hydrogen-bond acceptors (Lipinski definition) is 3. The Bertz CT molecular complexity index is 394. The molecule has 0 aliphatic heterocycles. The van der Waals surface area contributed by atoms with Gasteiger partial charge >= 0.3 is 6.18 Å². The van der Waals surface area contributed by atoms with Crippen LogP contribution in [0.4, 0.5) is 18.9 Å². The first kappa shape index (κ1) is 11.7. The standard InChI is InChI=1S/C7H4ClF3N2O2/c8-3-4-5(13(14)15)1-2-6(12-4)7(9,10)11/h1-2H,3H2. The Morgan fingerprint density at radius 3 is 2.47 bits per heavy atom. The number of rotatable bonds is 2. The van der Waals surface area contributed by atoms with Crippen LogP contribution in [-0.4, -0.2) is 9.91 Å². The Balaban J connectivity index is 3.25. The van der Waals surface area contributed by atoms with E-state index in [0.29, 0.717) is 6.07 Å². The molecule has 8 heteroatoms. The van der Waals surface area contributed by atoms with Crippen LogP contribution in [0.25, 0.3) is 0 Å². The molecule has 0 unspecified atom stereocenters. The molecule has 0 aliphatic rings. The Kier molecular flexibility index (Phi) is 3.13. The summed E-state index contributed by atoms with van der Waals surface area (Å²) in [5.41, 5.74) is -2.10. The zero-order valence-corrected chi connectivity index (χ0v) is 7.84. The van der Waals surface area contributed by atoms with E-state index in [2.05, 4.69) is 4.98 Å². The van der Waals surface area contributed by atoms with Crippen molar-refractivity contribution in [2.24, 2.45) is 0 Å². The van der Waals surface area contributed by atoms with Gasteiger partial charge in [-0.3, -0.25) is 10.1 Å². The molecular weight excluding hydrogens is 237 g/mol. The first-order chi connectivity index (χ1) is 6.86. The van der Waals surface area contributed by atoms with Crippen LogP contribution >= 0.6 is 11.6 Å². The second kappa shape index (κ2) is 4.01. The first-order valence-corrected chi connectivity index (χ1v) is 4.17. The molecule has 1 rings (SSSR count). The molecule has 0 radical (unpaired) electrons. The van der Waals surface area contributed by atoms with E-state index in [1.165, 1.54) is 0 Å². The Morgan fingerprint density at radius 1 is 1.47 bits per heavy atom. The molecule has 82 valence electrons. The van der Waals surface area contributed by atoms with Crippen molar-refractivity contribution >= 4 is 17.3 Å². The van der Waals surface area contributed by atoms with Gasteiger partial charge in [-0.05, 0) is 6.07 Å². The second-order valence-corrected chi connectivity index (χ2v) is 2.82. The summed E-state index contributed by atoms with van der Waals surface area (Å²) in [6.07, 6.45) is -4.63. The van der Waals surface area contributed by atoms with Crippen molar-refractivity contribution < 1.29 is 18.1 Å². The number of pyridine rings is 1. The van der Waals surface area contributed by atoms with Crippen molar-refractivity contribution in [3.8, 4) is 0 Å². The van der Waals surface area contributed by atoms with Gasteiger partial charge in [-0.1, -0.05) is 0 Å². The molecule has 15 heavy (non-hydrogen) atoms. The number of aromatic nitrogens is 1. The van der Waals surface area contributed by atoms with Crippen LogP contribution in [0.2, 0.25) is 0 Å². The van der Waals surface area contributed by atoms with E-state index in [9.17, 15) is 23.3 Å². The molecule has 0 spiro atoms. The molecule has 0 saturated heterocycles. The molecular formula is C7H4ClF3N2O2. The zero-order chi connectivity index (χ0) is 11.6. The Hall–Kier alpha value is -1.37. The Labute approximate surface area is 86.8 Å². The van der Waals surface area contributed by atoms with Crippen LogP contribution in [0, 0.1) is 10.1 Å². The average Bonchev–Trinajstić information content (AvgIpc) is 2.15. The van der Waals surface area contributed by atoms with Gasteiger partial charge in [0.1, 0.15) is 11.4 Å². The minimum Gasteiger partial charge on any atom is -0.258 e. The summed E-state index contributed by atoms with van der Waals surface area (Å²) < 4.78 is 36.5. The van der Waals surface area contributed by atoms with Crippen LogP contribution in [-0.2, 0) is 12.1 Å². The highest BCUT2D eigenvalue weighted by atomic mass is 35.5. The molecule has 0 saturated carbocycles. The lowest BCUT2D eigenvalue weighted by Crippen LogP contribution is -2.10. The fraction of sp³-hybridized carbons (Fsp3) is 0.286. The van der Waals surface area contributed by atoms with Gasteiger partial charge in [0.2, 0.25) is 0 Å². The number of halogens is 4. The minimum atomic E-state index is -4.63. The van der Waals surface area contributed by atoms with Crippen LogP contribution in [0.1, 0.15) is 11.4 Å². The highest BCUT2D eigenvalue weighted by molar-refractivity contribution is 6.17. The molecule has 1 heterocycles. The van der Waals surface area contributed by atoms with Gasteiger partial charge < -0.3 is 0 Å². The summed E-state index contributed by atoms with van der Waals surface area (Å²) in [6.45, 7) is 0. The maximum atomic E-state index is 12.2. The SMILES string of the molecule is O=[N+]([O-])c1ccc(C(F)(F)F)nc1CCl. The molecule has 1 aromatic heterocycles. The molecule has 0 bridgehead atoms. The summed E-state index contributed by atoms with van der Waals surface area (Å²) in [6, 6.07) is 1.29. The highest BCUT2D eigenvalue weighted by Crippen LogP contribution is 2.30. The largest absolute Gasteiger partial charge is 0.433 e.